The van der Waals surface area contributed by atoms with Crippen LogP contribution in [0.15, 0.2) is 52.4 Å². The van der Waals surface area contributed by atoms with Crippen molar-refractivity contribution in [3.8, 4) is 5.75 Å². The van der Waals surface area contributed by atoms with Crippen molar-refractivity contribution in [2.75, 3.05) is 20.2 Å². The van der Waals surface area contributed by atoms with E-state index in [1.807, 2.05) is 12.1 Å². The lowest BCUT2D eigenvalue weighted by Gasteiger charge is -2.16. The van der Waals surface area contributed by atoms with E-state index in [4.69, 9.17) is 4.74 Å². The van der Waals surface area contributed by atoms with Crippen molar-refractivity contribution < 1.29 is 17.9 Å². The van der Waals surface area contributed by atoms with Crippen LogP contribution in [0.1, 0.15) is 24.0 Å². The standard InChI is InChI=1S/C21H27F3N4O2/c1-16-8-9-17(18(13-16)30-15-21(22,23)24)14-27-20(25-2)26-10-4-6-12-28-11-5-3-7-19(28)29/h3,5,7-9,11,13H,4,6,10,12,14-15H2,1-2H3,(H2,25,26,27). The van der Waals surface area contributed by atoms with Gasteiger partial charge in [0.15, 0.2) is 12.6 Å². The molecule has 0 amide bonds. The summed E-state index contributed by atoms with van der Waals surface area (Å²) in [6.07, 6.45) is -0.985. The van der Waals surface area contributed by atoms with E-state index >= 15 is 0 Å². The molecule has 0 bridgehead atoms. The molecule has 0 aliphatic rings. The molecule has 0 fully saturated rings. The zero-order valence-corrected chi connectivity index (χ0v) is 17.1. The van der Waals surface area contributed by atoms with Crippen molar-refractivity contribution in [1.29, 1.82) is 0 Å². The number of nitrogens with one attached hydrogen (secondary N) is 2. The molecule has 0 saturated carbocycles. The molecule has 1 aromatic carbocycles. The number of ether oxygens (including phenoxy) is 1. The van der Waals surface area contributed by atoms with Gasteiger partial charge in [-0.3, -0.25) is 9.79 Å². The predicted octanol–water partition coefficient (Wildman–Crippen LogP) is 3.24. The Morgan fingerprint density at radius 3 is 2.67 bits per heavy atom. The summed E-state index contributed by atoms with van der Waals surface area (Å²) >= 11 is 0. The number of alkyl halides is 3. The van der Waals surface area contributed by atoms with Crippen LogP contribution in [0.4, 0.5) is 13.2 Å². The second-order valence-electron chi connectivity index (χ2n) is 6.81. The maximum absolute atomic E-state index is 12.5. The van der Waals surface area contributed by atoms with E-state index < -0.39 is 12.8 Å². The number of rotatable bonds is 9. The number of halogens is 3. The molecule has 0 aliphatic carbocycles. The minimum atomic E-state index is -4.39. The number of nitrogens with zero attached hydrogens (tertiary/aromatic N) is 2. The molecule has 2 aromatic rings. The van der Waals surface area contributed by atoms with Crippen molar-refractivity contribution in [1.82, 2.24) is 15.2 Å². The summed E-state index contributed by atoms with van der Waals surface area (Å²) < 4.78 is 44.1. The normalized spacial score (nSPS) is 12.0. The van der Waals surface area contributed by atoms with E-state index in [0.29, 0.717) is 24.6 Å². The molecule has 30 heavy (non-hydrogen) atoms. The molecule has 1 aromatic heterocycles. The fourth-order valence-electron chi connectivity index (χ4n) is 2.76. The first-order valence-corrected chi connectivity index (χ1v) is 9.67. The summed E-state index contributed by atoms with van der Waals surface area (Å²) in [5, 5.41) is 6.24. The second kappa shape index (κ2) is 11.3. The van der Waals surface area contributed by atoms with Crippen LogP contribution in [0.3, 0.4) is 0 Å². The summed E-state index contributed by atoms with van der Waals surface area (Å²) in [6, 6.07) is 10.2. The molecule has 0 spiro atoms. The molecule has 6 nitrogen and oxygen atoms in total. The van der Waals surface area contributed by atoms with Gasteiger partial charge >= 0.3 is 6.18 Å². The van der Waals surface area contributed by atoms with E-state index in [0.717, 1.165) is 18.4 Å². The molecule has 2 N–H and O–H groups in total. The molecule has 164 valence electrons. The average Bonchev–Trinajstić information content (AvgIpc) is 2.70. The van der Waals surface area contributed by atoms with E-state index in [-0.39, 0.29) is 17.9 Å². The van der Waals surface area contributed by atoms with Gasteiger partial charge in [0, 0.05) is 44.5 Å². The Morgan fingerprint density at radius 2 is 1.97 bits per heavy atom. The highest BCUT2D eigenvalue weighted by Crippen LogP contribution is 2.23. The Labute approximate surface area is 173 Å². The number of guanidine groups is 1. The number of pyridine rings is 1. The zero-order chi connectivity index (χ0) is 22.0. The average molecular weight is 424 g/mol. The summed E-state index contributed by atoms with van der Waals surface area (Å²) in [6.45, 7) is 2.01. The maximum Gasteiger partial charge on any atom is 0.422 e. The Kier molecular flexibility index (Phi) is 8.76. The van der Waals surface area contributed by atoms with Gasteiger partial charge in [-0.05, 0) is 37.5 Å². The fourth-order valence-corrected chi connectivity index (χ4v) is 2.76. The molecular weight excluding hydrogens is 397 g/mol. The third-order valence-corrected chi connectivity index (χ3v) is 4.30. The molecule has 2 rings (SSSR count). The summed E-state index contributed by atoms with van der Waals surface area (Å²) in [4.78, 5) is 15.8. The SMILES string of the molecule is CN=C(NCCCCn1ccccc1=O)NCc1ccc(C)cc1OCC(F)(F)F. The smallest absolute Gasteiger partial charge is 0.422 e. The quantitative estimate of drug-likeness (QED) is 0.369. The molecule has 0 radical (unpaired) electrons. The number of benzene rings is 1. The monoisotopic (exact) mass is 424 g/mol. The van der Waals surface area contributed by atoms with E-state index in [1.54, 1.807) is 42.9 Å². The predicted molar refractivity (Wildman–Crippen MR) is 111 cm³/mol. The number of aromatic nitrogens is 1. The molecule has 0 saturated heterocycles. The van der Waals surface area contributed by atoms with Gasteiger partial charge in [-0.25, -0.2) is 0 Å². The first-order valence-electron chi connectivity index (χ1n) is 9.67. The van der Waals surface area contributed by atoms with Crippen molar-refractivity contribution in [2.45, 2.75) is 39.0 Å². The van der Waals surface area contributed by atoms with E-state index in [9.17, 15) is 18.0 Å². The van der Waals surface area contributed by atoms with Gasteiger partial charge in [0.2, 0.25) is 5.56 Å². The van der Waals surface area contributed by atoms with Crippen LogP contribution in [0.5, 0.6) is 5.75 Å². The Balaban J connectivity index is 1.80. The van der Waals surface area contributed by atoms with Gasteiger partial charge in [0.1, 0.15) is 5.75 Å². The molecule has 1 heterocycles. The Bertz CT molecular complexity index is 894. The van der Waals surface area contributed by atoms with Crippen molar-refractivity contribution in [2.24, 2.45) is 4.99 Å². The van der Waals surface area contributed by atoms with Crippen LogP contribution in [0, 0.1) is 6.92 Å². The van der Waals surface area contributed by atoms with Gasteiger partial charge in [0.25, 0.3) is 0 Å². The van der Waals surface area contributed by atoms with E-state index in [1.165, 1.54) is 6.07 Å². The lowest BCUT2D eigenvalue weighted by molar-refractivity contribution is -0.153. The number of hydrogen-bond donors (Lipinski definition) is 2. The van der Waals surface area contributed by atoms with Crippen LogP contribution < -0.4 is 20.9 Å². The number of aliphatic imine (C=N–C) groups is 1. The summed E-state index contributed by atoms with van der Waals surface area (Å²) in [7, 11) is 1.62. The van der Waals surface area contributed by atoms with Crippen LogP contribution in [-0.2, 0) is 13.1 Å². The Morgan fingerprint density at radius 1 is 1.17 bits per heavy atom. The van der Waals surface area contributed by atoms with Gasteiger partial charge in [-0.1, -0.05) is 18.2 Å². The highest BCUT2D eigenvalue weighted by atomic mass is 19.4. The van der Waals surface area contributed by atoms with Crippen molar-refractivity contribution >= 4 is 5.96 Å². The lowest BCUT2D eigenvalue weighted by Crippen LogP contribution is -2.37. The minimum absolute atomic E-state index is 0.0235. The van der Waals surface area contributed by atoms with Crippen LogP contribution in [-0.4, -0.2) is 36.9 Å². The van der Waals surface area contributed by atoms with Gasteiger partial charge in [-0.2, -0.15) is 13.2 Å². The molecule has 0 atom stereocenters. The van der Waals surface area contributed by atoms with Gasteiger partial charge in [0.05, 0.1) is 0 Å². The highest BCUT2D eigenvalue weighted by Gasteiger charge is 2.28. The van der Waals surface area contributed by atoms with Crippen LogP contribution in [0.2, 0.25) is 0 Å². The molecule has 0 aliphatic heterocycles. The fraction of sp³-hybridized carbons (Fsp3) is 0.429. The van der Waals surface area contributed by atoms with Crippen LogP contribution >= 0.6 is 0 Å². The van der Waals surface area contributed by atoms with Crippen molar-refractivity contribution in [3.63, 3.8) is 0 Å². The first kappa shape index (κ1) is 23.3. The molecule has 0 unspecified atom stereocenters. The maximum atomic E-state index is 12.5. The Hall–Kier alpha value is -2.97. The van der Waals surface area contributed by atoms with Gasteiger partial charge in [-0.15, -0.1) is 0 Å². The third-order valence-electron chi connectivity index (χ3n) is 4.30. The van der Waals surface area contributed by atoms with E-state index in [2.05, 4.69) is 15.6 Å². The summed E-state index contributed by atoms with van der Waals surface area (Å²) in [5.41, 5.74) is 1.40. The summed E-state index contributed by atoms with van der Waals surface area (Å²) in [5.74, 6) is 0.734. The number of hydrogen-bond acceptors (Lipinski definition) is 3. The minimum Gasteiger partial charge on any atom is -0.484 e. The zero-order valence-electron chi connectivity index (χ0n) is 17.1. The number of aryl methyl sites for hydroxylation is 2. The highest BCUT2D eigenvalue weighted by molar-refractivity contribution is 5.79. The van der Waals surface area contributed by atoms with Crippen LogP contribution in [0.25, 0.3) is 0 Å². The first-order chi connectivity index (χ1) is 14.3. The lowest BCUT2D eigenvalue weighted by atomic mass is 10.1. The van der Waals surface area contributed by atoms with Gasteiger partial charge < -0.3 is 19.9 Å². The topological polar surface area (TPSA) is 67.7 Å². The third kappa shape index (κ3) is 8.18. The molecule has 9 heteroatoms. The van der Waals surface area contributed by atoms with Crippen molar-refractivity contribution in [3.05, 3.63) is 64.1 Å². The number of unbranched alkanes of at least 4 members (excludes halogenated alkanes) is 1. The second-order valence-corrected chi connectivity index (χ2v) is 6.81. The largest absolute Gasteiger partial charge is 0.484 e. The molecular formula is C21H27F3N4O2.